The summed E-state index contributed by atoms with van der Waals surface area (Å²) in [6, 6.07) is 21.9. The van der Waals surface area contributed by atoms with Crippen molar-refractivity contribution in [3.05, 3.63) is 101 Å². The third-order valence-electron chi connectivity index (χ3n) is 6.53. The van der Waals surface area contributed by atoms with E-state index in [0.29, 0.717) is 5.02 Å². The number of ether oxygens (including phenoxy) is 3. The largest absolute Gasteiger partial charge is 0.457 e. The van der Waals surface area contributed by atoms with Crippen molar-refractivity contribution in [3.63, 3.8) is 0 Å². The van der Waals surface area contributed by atoms with Crippen molar-refractivity contribution < 1.29 is 33.7 Å². The molecule has 2 amide bonds. The highest BCUT2D eigenvalue weighted by Crippen LogP contribution is 2.40. The Kier molecular flexibility index (Phi) is 8.34. The monoisotopic (exact) mass is 567 g/mol. The predicted molar refractivity (Wildman–Crippen MR) is 144 cm³/mol. The summed E-state index contributed by atoms with van der Waals surface area (Å²) >= 11 is 7.29. The average molecular weight is 568 g/mol. The zero-order valence-electron chi connectivity index (χ0n) is 20.9. The molecule has 10 heteroatoms. The number of amides is 2. The molecule has 0 bridgehead atoms. The summed E-state index contributed by atoms with van der Waals surface area (Å²) in [5.74, 6) is -1.76. The van der Waals surface area contributed by atoms with Gasteiger partial charge in [0.2, 0.25) is 0 Å². The Labute approximate surface area is 234 Å². The molecule has 2 aliphatic rings. The van der Waals surface area contributed by atoms with Gasteiger partial charge in [0.25, 0.3) is 11.8 Å². The van der Waals surface area contributed by atoms with E-state index in [1.54, 1.807) is 48.5 Å². The molecule has 0 aliphatic carbocycles. The van der Waals surface area contributed by atoms with Crippen molar-refractivity contribution in [2.75, 3.05) is 6.61 Å². The van der Waals surface area contributed by atoms with Gasteiger partial charge in [-0.25, -0.2) is 0 Å². The maximum absolute atomic E-state index is 13.5. The van der Waals surface area contributed by atoms with Crippen LogP contribution in [0.2, 0.25) is 5.02 Å². The Morgan fingerprint density at radius 1 is 0.974 bits per heavy atom. The molecular weight excluding hydrogens is 542 g/mol. The standard InChI is InChI=1S/C29H26ClNO7S/c1-17(32)37-26-24(31-27(34)21-9-5-6-10-22(21)28(31)35)29(39-20-13-11-19(30)12-14-20)38-23(25(26)33)16-36-15-18-7-3-2-4-8-18/h2-14,23-26,29,33H,15-16H2,1H3/t23-,24-,25-,26-,29+/m1/s1. The van der Waals surface area contributed by atoms with Crippen LogP contribution in [-0.4, -0.2) is 64.2 Å². The number of hydrogen-bond donors (Lipinski definition) is 1. The minimum Gasteiger partial charge on any atom is -0.457 e. The van der Waals surface area contributed by atoms with Crippen LogP contribution in [-0.2, 0) is 25.6 Å². The quantitative estimate of drug-likeness (QED) is 0.317. The number of fused-ring (bicyclic) bond motifs is 1. The van der Waals surface area contributed by atoms with Gasteiger partial charge in [-0.1, -0.05) is 65.8 Å². The van der Waals surface area contributed by atoms with Crippen molar-refractivity contribution in [3.8, 4) is 0 Å². The van der Waals surface area contributed by atoms with Crippen molar-refractivity contribution in [2.24, 2.45) is 0 Å². The molecule has 39 heavy (non-hydrogen) atoms. The first kappa shape index (κ1) is 27.4. The number of thioether (sulfide) groups is 1. The van der Waals surface area contributed by atoms with E-state index >= 15 is 0 Å². The lowest BCUT2D eigenvalue weighted by Crippen LogP contribution is -2.65. The molecular formula is C29H26ClNO7S. The number of benzene rings is 3. The van der Waals surface area contributed by atoms with E-state index in [2.05, 4.69) is 0 Å². The number of nitrogens with zero attached hydrogens (tertiary/aromatic N) is 1. The summed E-state index contributed by atoms with van der Waals surface area (Å²) < 4.78 is 17.8. The van der Waals surface area contributed by atoms with E-state index in [9.17, 15) is 19.5 Å². The van der Waals surface area contributed by atoms with Crippen LogP contribution < -0.4 is 0 Å². The highest BCUT2D eigenvalue weighted by Gasteiger charge is 2.55. The van der Waals surface area contributed by atoms with E-state index in [0.717, 1.165) is 15.4 Å². The van der Waals surface area contributed by atoms with E-state index in [1.165, 1.54) is 18.7 Å². The molecule has 1 fully saturated rings. The van der Waals surface area contributed by atoms with Crippen LogP contribution in [0, 0.1) is 0 Å². The van der Waals surface area contributed by atoms with E-state index in [1.807, 2.05) is 30.3 Å². The molecule has 0 spiro atoms. The topological polar surface area (TPSA) is 102 Å². The number of carbonyl (C=O) groups is 3. The number of imide groups is 1. The van der Waals surface area contributed by atoms with Crippen LogP contribution >= 0.6 is 23.4 Å². The van der Waals surface area contributed by atoms with Gasteiger partial charge in [0, 0.05) is 16.8 Å². The van der Waals surface area contributed by atoms with E-state index in [4.69, 9.17) is 25.8 Å². The van der Waals surface area contributed by atoms with Crippen LogP contribution in [0.5, 0.6) is 0 Å². The normalized spacial score (nSPS) is 24.5. The Balaban J connectivity index is 1.47. The highest BCUT2D eigenvalue weighted by molar-refractivity contribution is 7.99. The smallest absolute Gasteiger partial charge is 0.303 e. The maximum Gasteiger partial charge on any atom is 0.303 e. The SMILES string of the molecule is CC(=O)O[C@H]1[C@H](O)[C@@H](COCc2ccccc2)O[C@@H](Sc2ccc(Cl)cc2)[C@@H]1N1C(=O)c2ccccc2C1=O. The molecule has 1 N–H and O–H groups in total. The number of aliphatic hydroxyl groups excluding tert-OH is 1. The second-order valence-corrected chi connectivity index (χ2v) is 10.8. The van der Waals surface area contributed by atoms with Crippen LogP contribution in [0.3, 0.4) is 0 Å². The van der Waals surface area contributed by atoms with Crippen molar-refractivity contribution in [2.45, 2.75) is 48.2 Å². The van der Waals surface area contributed by atoms with E-state index in [-0.39, 0.29) is 24.3 Å². The molecule has 2 heterocycles. The van der Waals surface area contributed by atoms with Gasteiger partial charge in [0.05, 0.1) is 24.3 Å². The molecule has 3 aromatic carbocycles. The lowest BCUT2D eigenvalue weighted by Gasteiger charge is -2.46. The third-order valence-corrected chi connectivity index (χ3v) is 7.95. The summed E-state index contributed by atoms with van der Waals surface area (Å²) in [6.07, 6.45) is -3.54. The van der Waals surface area contributed by atoms with Crippen molar-refractivity contribution >= 4 is 41.1 Å². The van der Waals surface area contributed by atoms with Gasteiger partial charge in [0.15, 0.2) is 6.10 Å². The van der Waals surface area contributed by atoms with Crippen molar-refractivity contribution in [1.29, 1.82) is 0 Å². The Bertz CT molecular complexity index is 1320. The molecule has 5 atom stereocenters. The molecule has 0 radical (unpaired) electrons. The first-order chi connectivity index (χ1) is 18.8. The lowest BCUT2D eigenvalue weighted by molar-refractivity contribution is -0.204. The van der Waals surface area contributed by atoms with Gasteiger partial charge in [0.1, 0.15) is 23.7 Å². The fourth-order valence-corrected chi connectivity index (χ4v) is 6.03. The molecule has 2 aliphatic heterocycles. The number of rotatable bonds is 8. The average Bonchev–Trinajstić information content (AvgIpc) is 3.18. The molecule has 3 aromatic rings. The number of hydrogen-bond acceptors (Lipinski definition) is 8. The molecule has 8 nitrogen and oxygen atoms in total. The maximum atomic E-state index is 13.5. The number of halogens is 1. The van der Waals surface area contributed by atoms with Gasteiger partial charge < -0.3 is 19.3 Å². The van der Waals surface area contributed by atoms with Gasteiger partial charge in [-0.2, -0.15) is 0 Å². The van der Waals surface area contributed by atoms with Crippen LogP contribution in [0.1, 0.15) is 33.2 Å². The number of esters is 1. The van der Waals surface area contributed by atoms with Gasteiger partial charge in [-0.15, -0.1) is 0 Å². The Morgan fingerprint density at radius 3 is 2.21 bits per heavy atom. The lowest BCUT2D eigenvalue weighted by atomic mass is 9.96. The molecule has 0 aromatic heterocycles. The molecule has 5 rings (SSSR count). The van der Waals surface area contributed by atoms with Crippen molar-refractivity contribution in [1.82, 2.24) is 4.90 Å². The Hall–Kier alpha value is -3.21. The van der Waals surface area contributed by atoms with Crippen LogP contribution in [0.4, 0.5) is 0 Å². The van der Waals surface area contributed by atoms with E-state index < -0.39 is 47.6 Å². The first-order valence-corrected chi connectivity index (χ1v) is 13.6. The zero-order valence-corrected chi connectivity index (χ0v) is 22.5. The molecule has 0 unspecified atom stereocenters. The first-order valence-electron chi connectivity index (χ1n) is 12.3. The van der Waals surface area contributed by atoms with Crippen LogP contribution in [0.15, 0.2) is 83.8 Å². The summed E-state index contributed by atoms with van der Waals surface area (Å²) in [7, 11) is 0. The predicted octanol–water partition coefficient (Wildman–Crippen LogP) is 4.33. The fourth-order valence-electron chi connectivity index (χ4n) is 4.73. The summed E-state index contributed by atoms with van der Waals surface area (Å²) in [5.41, 5.74) is 0.519. The van der Waals surface area contributed by atoms with Gasteiger partial charge in [-0.05, 0) is 42.0 Å². The highest BCUT2D eigenvalue weighted by atomic mass is 35.5. The third kappa shape index (κ3) is 5.88. The molecule has 0 saturated carbocycles. The van der Waals surface area contributed by atoms with Gasteiger partial charge in [-0.3, -0.25) is 19.3 Å². The van der Waals surface area contributed by atoms with Crippen LogP contribution in [0.25, 0.3) is 0 Å². The summed E-state index contributed by atoms with van der Waals surface area (Å²) in [4.78, 5) is 40.9. The molecule has 1 saturated heterocycles. The molecule has 202 valence electrons. The van der Waals surface area contributed by atoms with Gasteiger partial charge >= 0.3 is 5.97 Å². The minimum atomic E-state index is -1.37. The Morgan fingerprint density at radius 2 is 1.59 bits per heavy atom. The summed E-state index contributed by atoms with van der Waals surface area (Å²) in [5, 5.41) is 11.9. The summed E-state index contributed by atoms with van der Waals surface area (Å²) in [6.45, 7) is 1.48. The number of aliphatic hydroxyl groups is 1. The number of carbonyl (C=O) groups excluding carboxylic acids is 3. The second-order valence-electron chi connectivity index (χ2n) is 9.20. The second kappa shape index (κ2) is 11.9. The minimum absolute atomic E-state index is 0.0135. The zero-order chi connectivity index (χ0) is 27.5. The fraction of sp³-hybridized carbons (Fsp3) is 0.276.